The summed E-state index contributed by atoms with van der Waals surface area (Å²) < 4.78 is 5.07. The largest absolute Gasteiger partial charge is 0.497 e. The molecule has 0 aliphatic rings. The molecule has 3 N–H and O–H groups in total. The van der Waals surface area contributed by atoms with Crippen LogP contribution in [0.5, 0.6) is 5.75 Å². The third-order valence-electron chi connectivity index (χ3n) is 3.59. The first-order chi connectivity index (χ1) is 11.9. The number of carbonyl (C=O) groups is 1. The topological polar surface area (TPSA) is 78.8 Å². The number of halogens is 1. The first-order valence-electron chi connectivity index (χ1n) is 7.80. The van der Waals surface area contributed by atoms with Crippen LogP contribution in [0.25, 0.3) is 0 Å². The molecule has 0 atom stereocenters. The molecule has 7 heteroatoms. The van der Waals surface area contributed by atoms with E-state index in [1.807, 2.05) is 12.1 Å². The lowest BCUT2D eigenvalue weighted by atomic mass is 10.2. The standard InChI is InChI=1S/C18H22ClNO4P/c1-24-18-8-4-15(5-9-18)12-25(22,23)13-17(21)11-20-10-14-2-6-16(19)7-3-14/h2-9,20,22-23H,10-13H2,1H3/q+1. The van der Waals surface area contributed by atoms with Gasteiger partial charge in [0.1, 0.15) is 11.9 Å². The van der Waals surface area contributed by atoms with Gasteiger partial charge in [-0.05, 0) is 35.4 Å². The molecule has 2 rings (SSSR count). The first-order valence-corrected chi connectivity index (χ1v) is 10.2. The lowest BCUT2D eigenvalue weighted by molar-refractivity contribution is -0.116. The van der Waals surface area contributed by atoms with Crippen molar-refractivity contribution < 1.29 is 19.3 Å². The Bertz CT molecular complexity index is 689. The Hall–Kier alpha value is -1.49. The number of Topliss-reactive ketones (excluding diaryl/α,β-unsaturated/α-hetero) is 1. The van der Waals surface area contributed by atoms with E-state index in [9.17, 15) is 14.6 Å². The van der Waals surface area contributed by atoms with E-state index >= 15 is 0 Å². The molecule has 0 aliphatic carbocycles. The summed E-state index contributed by atoms with van der Waals surface area (Å²) in [6, 6.07) is 14.4. The van der Waals surface area contributed by atoms with Gasteiger partial charge in [0.15, 0.2) is 11.9 Å². The van der Waals surface area contributed by atoms with Gasteiger partial charge in [0, 0.05) is 11.6 Å². The van der Waals surface area contributed by atoms with E-state index in [2.05, 4.69) is 5.32 Å². The fourth-order valence-electron chi connectivity index (χ4n) is 2.37. The van der Waals surface area contributed by atoms with E-state index in [-0.39, 0.29) is 24.7 Å². The number of benzene rings is 2. The highest BCUT2D eigenvalue weighted by molar-refractivity contribution is 7.64. The molecule has 5 nitrogen and oxygen atoms in total. The first kappa shape index (κ1) is 19.8. The summed E-state index contributed by atoms with van der Waals surface area (Å²) in [4.78, 5) is 32.4. The highest BCUT2D eigenvalue weighted by atomic mass is 35.5. The van der Waals surface area contributed by atoms with Gasteiger partial charge >= 0.3 is 0 Å². The van der Waals surface area contributed by atoms with Crippen LogP contribution in [0.1, 0.15) is 11.1 Å². The summed E-state index contributed by atoms with van der Waals surface area (Å²) in [7, 11) is -1.74. The number of nitrogens with one attached hydrogen (secondary N) is 1. The number of methoxy groups -OCH3 is 1. The van der Waals surface area contributed by atoms with Crippen molar-refractivity contribution >= 4 is 25.1 Å². The van der Waals surface area contributed by atoms with Crippen LogP contribution in [0.3, 0.4) is 0 Å². The average molecular weight is 383 g/mol. The lowest BCUT2D eigenvalue weighted by Crippen LogP contribution is -2.26. The summed E-state index contributed by atoms with van der Waals surface area (Å²) in [5, 5.41) is 3.67. The lowest BCUT2D eigenvalue weighted by Gasteiger charge is -2.13. The van der Waals surface area contributed by atoms with Crippen molar-refractivity contribution in [2.75, 3.05) is 19.8 Å². The Morgan fingerprint density at radius 2 is 1.68 bits per heavy atom. The predicted molar refractivity (Wildman–Crippen MR) is 101 cm³/mol. The number of hydrogen-bond acceptors (Lipinski definition) is 5. The molecule has 0 bridgehead atoms. The molecule has 2 aromatic rings. The Labute approximate surface area is 153 Å². The van der Waals surface area contributed by atoms with Gasteiger partial charge in [0.25, 0.3) is 7.72 Å². The fourth-order valence-corrected chi connectivity index (χ4v) is 4.08. The zero-order valence-corrected chi connectivity index (χ0v) is 15.6. The predicted octanol–water partition coefficient (Wildman–Crippen LogP) is 3.04. The maximum Gasteiger partial charge on any atom is 0.279 e. The van der Waals surface area contributed by atoms with Crippen molar-refractivity contribution in [3.05, 3.63) is 64.7 Å². The maximum atomic E-state index is 12.0. The van der Waals surface area contributed by atoms with E-state index in [0.29, 0.717) is 17.3 Å². The summed E-state index contributed by atoms with van der Waals surface area (Å²) in [5.74, 6) is 0.479. The summed E-state index contributed by atoms with van der Waals surface area (Å²) >= 11 is 5.82. The van der Waals surface area contributed by atoms with Gasteiger partial charge in [0.2, 0.25) is 0 Å². The Morgan fingerprint density at radius 1 is 1.08 bits per heavy atom. The SMILES string of the molecule is COc1ccc(C[P+](O)(O)CC(=O)CNCc2ccc(Cl)cc2)cc1. The minimum Gasteiger partial charge on any atom is -0.497 e. The van der Waals surface area contributed by atoms with Gasteiger partial charge in [-0.1, -0.05) is 35.9 Å². The molecule has 134 valence electrons. The third kappa shape index (κ3) is 7.10. The van der Waals surface area contributed by atoms with Crippen LogP contribution < -0.4 is 10.1 Å². The second-order valence-corrected chi connectivity index (χ2v) is 8.64. The van der Waals surface area contributed by atoms with Crippen molar-refractivity contribution in [2.45, 2.75) is 12.7 Å². The van der Waals surface area contributed by atoms with Gasteiger partial charge in [0.05, 0.1) is 13.7 Å². The minimum absolute atomic E-state index is 0.0833. The molecule has 25 heavy (non-hydrogen) atoms. The van der Waals surface area contributed by atoms with Crippen LogP contribution in [-0.4, -0.2) is 35.4 Å². The van der Waals surface area contributed by atoms with Gasteiger partial charge in [-0.2, -0.15) is 0 Å². The molecule has 0 aromatic heterocycles. The number of ether oxygens (including phenoxy) is 1. The van der Waals surface area contributed by atoms with Gasteiger partial charge < -0.3 is 10.1 Å². The molecule has 0 fully saturated rings. The highest BCUT2D eigenvalue weighted by Crippen LogP contribution is 2.52. The van der Waals surface area contributed by atoms with Crippen molar-refractivity contribution in [1.29, 1.82) is 0 Å². The van der Waals surface area contributed by atoms with Crippen LogP contribution in [0, 0.1) is 0 Å². The maximum absolute atomic E-state index is 12.0. The zero-order chi connectivity index (χ0) is 18.3. The van der Waals surface area contributed by atoms with Crippen LogP contribution in [0.15, 0.2) is 48.5 Å². The van der Waals surface area contributed by atoms with E-state index in [4.69, 9.17) is 16.3 Å². The van der Waals surface area contributed by atoms with Gasteiger partial charge in [-0.15, -0.1) is 0 Å². The number of ketones is 1. The molecule has 0 radical (unpaired) electrons. The van der Waals surface area contributed by atoms with E-state index < -0.39 is 7.72 Å². The second-order valence-electron chi connectivity index (χ2n) is 5.81. The second kappa shape index (κ2) is 9.27. The normalized spacial score (nSPS) is 11.4. The quantitative estimate of drug-likeness (QED) is 0.581. The summed E-state index contributed by atoms with van der Waals surface area (Å²) in [6.45, 7) is 0.609. The number of rotatable bonds is 9. The molecule has 0 aliphatic heterocycles. The minimum atomic E-state index is -3.31. The molecule has 0 heterocycles. The molecular weight excluding hydrogens is 361 g/mol. The van der Waals surface area contributed by atoms with Crippen LogP contribution in [0.2, 0.25) is 5.02 Å². The Morgan fingerprint density at radius 3 is 2.28 bits per heavy atom. The molecule has 0 unspecified atom stereocenters. The zero-order valence-electron chi connectivity index (χ0n) is 14.0. The van der Waals surface area contributed by atoms with Crippen molar-refractivity contribution in [2.24, 2.45) is 0 Å². The molecular formula is C18H22ClNO4P+. The Kier molecular flexibility index (Phi) is 7.36. The van der Waals surface area contributed by atoms with Crippen LogP contribution >= 0.6 is 19.3 Å². The number of carbonyl (C=O) groups excluding carboxylic acids is 1. The van der Waals surface area contributed by atoms with E-state index in [1.165, 1.54) is 0 Å². The Balaban J connectivity index is 1.78. The van der Waals surface area contributed by atoms with Crippen molar-refractivity contribution in [3.8, 4) is 5.75 Å². The van der Waals surface area contributed by atoms with Crippen LogP contribution in [-0.2, 0) is 17.5 Å². The van der Waals surface area contributed by atoms with Gasteiger partial charge in [-0.3, -0.25) is 4.79 Å². The molecule has 0 saturated carbocycles. The number of hydrogen-bond donors (Lipinski definition) is 3. The summed E-state index contributed by atoms with van der Waals surface area (Å²) in [6.07, 6.45) is -0.146. The van der Waals surface area contributed by atoms with Crippen LogP contribution in [0.4, 0.5) is 0 Å². The monoisotopic (exact) mass is 382 g/mol. The van der Waals surface area contributed by atoms with Crippen molar-refractivity contribution in [3.63, 3.8) is 0 Å². The average Bonchev–Trinajstić information content (AvgIpc) is 2.56. The summed E-state index contributed by atoms with van der Waals surface area (Å²) in [5.41, 5.74) is 1.77. The van der Waals surface area contributed by atoms with E-state index in [1.54, 1.807) is 43.5 Å². The molecule has 0 amide bonds. The van der Waals surface area contributed by atoms with E-state index in [0.717, 1.165) is 11.1 Å². The molecule has 0 saturated heterocycles. The molecule has 0 spiro atoms. The third-order valence-corrected chi connectivity index (χ3v) is 5.57. The molecule has 2 aromatic carbocycles. The van der Waals surface area contributed by atoms with Gasteiger partial charge in [-0.25, -0.2) is 9.79 Å². The smallest absolute Gasteiger partial charge is 0.279 e. The fraction of sp³-hybridized carbons (Fsp3) is 0.278. The van der Waals surface area contributed by atoms with Crippen molar-refractivity contribution in [1.82, 2.24) is 5.32 Å². The highest BCUT2D eigenvalue weighted by Gasteiger charge is 2.36.